The van der Waals surface area contributed by atoms with Crippen LogP contribution in [0.3, 0.4) is 0 Å². The van der Waals surface area contributed by atoms with Crippen LogP contribution in [0, 0.1) is 13.8 Å². The van der Waals surface area contributed by atoms with Crippen LogP contribution in [0.15, 0.2) is 24.3 Å². The third-order valence-corrected chi connectivity index (χ3v) is 3.95. The molecule has 0 saturated heterocycles. The van der Waals surface area contributed by atoms with Crippen LogP contribution in [-0.2, 0) is 11.3 Å². The standard InChI is InChI=1S/C16H19Cl2N3O2/c1-11-8-12(2)21(19-11)7-6-20(3)16(22)10-23-15-5-4-13(17)9-14(15)18/h4-5,8-9H,6-7,10H2,1-3H3. The Balaban J connectivity index is 1.84. The second-order valence-corrected chi connectivity index (χ2v) is 6.17. The van der Waals surface area contributed by atoms with E-state index in [1.165, 1.54) is 0 Å². The summed E-state index contributed by atoms with van der Waals surface area (Å²) in [5, 5.41) is 5.28. The lowest BCUT2D eigenvalue weighted by atomic mass is 10.3. The third-order valence-electron chi connectivity index (χ3n) is 3.42. The number of aryl methyl sites for hydroxylation is 2. The summed E-state index contributed by atoms with van der Waals surface area (Å²) in [5.74, 6) is 0.314. The van der Waals surface area contributed by atoms with E-state index in [9.17, 15) is 4.79 Å². The maximum atomic E-state index is 12.1. The number of ether oxygens (including phenoxy) is 1. The number of amides is 1. The van der Waals surface area contributed by atoms with E-state index < -0.39 is 0 Å². The predicted octanol–water partition coefficient (Wildman–Crippen LogP) is 3.34. The van der Waals surface area contributed by atoms with Gasteiger partial charge in [-0.3, -0.25) is 9.48 Å². The van der Waals surface area contributed by atoms with Crippen molar-refractivity contribution < 1.29 is 9.53 Å². The van der Waals surface area contributed by atoms with Gasteiger partial charge in [-0.05, 0) is 38.1 Å². The lowest BCUT2D eigenvalue weighted by molar-refractivity contribution is -0.132. The summed E-state index contributed by atoms with van der Waals surface area (Å²) >= 11 is 11.8. The van der Waals surface area contributed by atoms with Crippen LogP contribution < -0.4 is 4.74 Å². The first-order valence-corrected chi connectivity index (χ1v) is 7.95. The van der Waals surface area contributed by atoms with Crippen molar-refractivity contribution in [3.05, 3.63) is 45.7 Å². The van der Waals surface area contributed by atoms with Crippen LogP contribution in [-0.4, -0.2) is 40.8 Å². The van der Waals surface area contributed by atoms with Gasteiger partial charge in [-0.25, -0.2) is 0 Å². The van der Waals surface area contributed by atoms with Gasteiger partial charge >= 0.3 is 0 Å². The number of hydrogen-bond donors (Lipinski definition) is 0. The molecule has 0 saturated carbocycles. The summed E-state index contributed by atoms with van der Waals surface area (Å²) in [4.78, 5) is 13.7. The van der Waals surface area contributed by atoms with E-state index in [0.29, 0.717) is 28.9 Å². The van der Waals surface area contributed by atoms with E-state index in [4.69, 9.17) is 27.9 Å². The lowest BCUT2D eigenvalue weighted by Gasteiger charge is -2.18. The topological polar surface area (TPSA) is 47.4 Å². The fraction of sp³-hybridized carbons (Fsp3) is 0.375. The predicted molar refractivity (Wildman–Crippen MR) is 91.3 cm³/mol. The number of carbonyl (C=O) groups is 1. The highest BCUT2D eigenvalue weighted by atomic mass is 35.5. The maximum absolute atomic E-state index is 12.1. The van der Waals surface area contributed by atoms with Gasteiger partial charge in [-0.2, -0.15) is 5.10 Å². The molecule has 0 aliphatic heterocycles. The number of hydrogen-bond acceptors (Lipinski definition) is 3. The Hall–Kier alpha value is -1.72. The summed E-state index contributed by atoms with van der Waals surface area (Å²) < 4.78 is 7.34. The van der Waals surface area contributed by atoms with Gasteiger partial charge in [-0.15, -0.1) is 0 Å². The van der Waals surface area contributed by atoms with E-state index in [2.05, 4.69) is 5.10 Å². The monoisotopic (exact) mass is 355 g/mol. The van der Waals surface area contributed by atoms with Gasteiger partial charge < -0.3 is 9.64 Å². The zero-order valence-corrected chi connectivity index (χ0v) is 14.9. The van der Waals surface area contributed by atoms with Crippen molar-refractivity contribution in [3.8, 4) is 5.75 Å². The van der Waals surface area contributed by atoms with Gasteiger partial charge in [0.1, 0.15) is 5.75 Å². The molecule has 0 radical (unpaired) electrons. The van der Waals surface area contributed by atoms with E-state index in [1.54, 1.807) is 30.1 Å². The molecule has 0 atom stereocenters. The summed E-state index contributed by atoms with van der Waals surface area (Å²) in [6, 6.07) is 6.90. The molecule has 0 aliphatic rings. The second-order valence-electron chi connectivity index (χ2n) is 5.33. The molecule has 0 spiro atoms. The first kappa shape index (κ1) is 17.6. The molecular weight excluding hydrogens is 337 g/mol. The Morgan fingerprint density at radius 2 is 2.04 bits per heavy atom. The molecule has 1 aromatic heterocycles. The van der Waals surface area contributed by atoms with Gasteiger partial charge in [0.25, 0.3) is 5.91 Å². The number of halogens is 2. The molecule has 0 unspecified atom stereocenters. The maximum Gasteiger partial charge on any atom is 0.260 e. The van der Waals surface area contributed by atoms with Crippen LogP contribution in [0.4, 0.5) is 0 Å². The molecule has 0 bridgehead atoms. The van der Waals surface area contributed by atoms with Crippen molar-refractivity contribution in [2.24, 2.45) is 0 Å². The molecule has 2 aromatic rings. The molecule has 2 rings (SSSR count). The summed E-state index contributed by atoms with van der Waals surface area (Å²) in [6.45, 7) is 5.06. The van der Waals surface area contributed by atoms with E-state index in [1.807, 2.05) is 24.6 Å². The number of benzene rings is 1. The molecule has 1 aromatic carbocycles. The lowest BCUT2D eigenvalue weighted by Crippen LogP contribution is -2.34. The van der Waals surface area contributed by atoms with Crippen LogP contribution in [0.2, 0.25) is 10.0 Å². The smallest absolute Gasteiger partial charge is 0.260 e. The first-order valence-electron chi connectivity index (χ1n) is 7.19. The largest absolute Gasteiger partial charge is 0.482 e. The van der Waals surface area contributed by atoms with Gasteiger partial charge in [-0.1, -0.05) is 23.2 Å². The highest BCUT2D eigenvalue weighted by Crippen LogP contribution is 2.27. The van der Waals surface area contributed by atoms with Gasteiger partial charge in [0.15, 0.2) is 6.61 Å². The molecule has 0 N–H and O–H groups in total. The molecule has 0 aliphatic carbocycles. The zero-order chi connectivity index (χ0) is 17.0. The number of carbonyl (C=O) groups excluding carboxylic acids is 1. The molecule has 1 amide bonds. The third kappa shape index (κ3) is 4.88. The molecule has 23 heavy (non-hydrogen) atoms. The van der Waals surface area contributed by atoms with Crippen molar-refractivity contribution in [2.75, 3.05) is 20.2 Å². The van der Waals surface area contributed by atoms with Crippen molar-refractivity contribution in [1.82, 2.24) is 14.7 Å². The fourth-order valence-electron chi connectivity index (χ4n) is 2.11. The summed E-state index contributed by atoms with van der Waals surface area (Å²) in [5.41, 5.74) is 2.05. The summed E-state index contributed by atoms with van der Waals surface area (Å²) in [6.07, 6.45) is 0. The Morgan fingerprint density at radius 3 is 2.65 bits per heavy atom. The normalized spacial score (nSPS) is 10.7. The molecule has 124 valence electrons. The Labute approximate surface area is 145 Å². The van der Waals surface area contributed by atoms with E-state index in [0.717, 1.165) is 11.4 Å². The Morgan fingerprint density at radius 1 is 1.30 bits per heavy atom. The molecule has 0 fully saturated rings. The van der Waals surface area contributed by atoms with Gasteiger partial charge in [0.2, 0.25) is 0 Å². The number of nitrogens with zero attached hydrogens (tertiary/aromatic N) is 3. The van der Waals surface area contributed by atoms with Crippen LogP contribution in [0.25, 0.3) is 0 Å². The van der Waals surface area contributed by atoms with Crippen LogP contribution in [0.5, 0.6) is 5.75 Å². The minimum atomic E-state index is -0.127. The van der Waals surface area contributed by atoms with Crippen LogP contribution >= 0.6 is 23.2 Å². The highest BCUT2D eigenvalue weighted by molar-refractivity contribution is 6.35. The molecule has 1 heterocycles. The molecular formula is C16H19Cl2N3O2. The minimum absolute atomic E-state index is 0.0744. The Kier molecular flexibility index (Phi) is 5.91. The number of aromatic nitrogens is 2. The summed E-state index contributed by atoms with van der Waals surface area (Å²) in [7, 11) is 1.74. The molecule has 7 heteroatoms. The van der Waals surface area contributed by atoms with Crippen molar-refractivity contribution >= 4 is 29.1 Å². The average Bonchev–Trinajstić information content (AvgIpc) is 2.81. The second kappa shape index (κ2) is 7.70. The van der Waals surface area contributed by atoms with Crippen LogP contribution in [0.1, 0.15) is 11.4 Å². The van der Waals surface area contributed by atoms with Gasteiger partial charge in [0.05, 0.1) is 17.3 Å². The van der Waals surface area contributed by atoms with E-state index >= 15 is 0 Å². The highest BCUT2D eigenvalue weighted by Gasteiger charge is 2.12. The van der Waals surface area contributed by atoms with Crippen molar-refractivity contribution in [2.45, 2.75) is 20.4 Å². The Bertz CT molecular complexity index is 701. The van der Waals surface area contributed by atoms with Crippen molar-refractivity contribution in [3.63, 3.8) is 0 Å². The van der Waals surface area contributed by atoms with E-state index in [-0.39, 0.29) is 12.5 Å². The number of likely N-dealkylation sites (N-methyl/N-ethyl adjacent to an activating group) is 1. The quantitative estimate of drug-likeness (QED) is 0.798. The average molecular weight is 356 g/mol. The molecule has 5 nitrogen and oxygen atoms in total. The number of rotatable bonds is 6. The minimum Gasteiger partial charge on any atom is -0.482 e. The van der Waals surface area contributed by atoms with Gasteiger partial charge in [0, 0.05) is 24.3 Å². The SMILES string of the molecule is Cc1cc(C)n(CCN(C)C(=O)COc2ccc(Cl)cc2Cl)n1. The first-order chi connectivity index (χ1) is 10.9. The zero-order valence-electron chi connectivity index (χ0n) is 13.3. The van der Waals surface area contributed by atoms with Crippen molar-refractivity contribution in [1.29, 1.82) is 0 Å². The fourth-order valence-corrected chi connectivity index (χ4v) is 2.58.